The van der Waals surface area contributed by atoms with Gasteiger partial charge in [-0.25, -0.2) is 0 Å². The van der Waals surface area contributed by atoms with Crippen molar-refractivity contribution in [2.75, 3.05) is 5.32 Å². The summed E-state index contributed by atoms with van der Waals surface area (Å²) in [7, 11) is 0. The van der Waals surface area contributed by atoms with Gasteiger partial charge in [-0.15, -0.1) is 0 Å². The van der Waals surface area contributed by atoms with Crippen LogP contribution in [0.3, 0.4) is 0 Å². The fourth-order valence-corrected chi connectivity index (χ4v) is 4.08. The number of carbonyl (C=O) groups is 1. The molecule has 0 unspecified atom stereocenters. The molecule has 1 amide bonds. The van der Waals surface area contributed by atoms with E-state index in [0.717, 1.165) is 57.5 Å². The molecule has 0 saturated carbocycles. The van der Waals surface area contributed by atoms with Crippen LogP contribution in [0.25, 0.3) is 22.3 Å². The van der Waals surface area contributed by atoms with E-state index >= 15 is 0 Å². The van der Waals surface area contributed by atoms with Crippen LogP contribution in [0, 0.1) is 13.8 Å². The van der Waals surface area contributed by atoms with Gasteiger partial charge in [-0.05, 0) is 85.8 Å². The normalized spacial score (nSPS) is 11.0. The number of H-pyrrole nitrogens is 1. The first-order valence-electron chi connectivity index (χ1n) is 10.1. The zero-order valence-corrected chi connectivity index (χ0v) is 17.9. The molecule has 0 aliphatic rings. The highest BCUT2D eigenvalue weighted by Gasteiger charge is 2.15. The summed E-state index contributed by atoms with van der Waals surface area (Å²) in [4.78, 5) is 20.5. The number of hydrogen-bond acceptors (Lipinski definition) is 2. The van der Waals surface area contributed by atoms with Crippen LogP contribution in [-0.4, -0.2) is 15.9 Å². The lowest BCUT2D eigenvalue weighted by Gasteiger charge is -2.08. The van der Waals surface area contributed by atoms with E-state index in [0.29, 0.717) is 11.4 Å². The molecule has 0 aliphatic carbocycles. The lowest BCUT2D eigenvalue weighted by Crippen LogP contribution is -2.11. The molecule has 0 atom stereocenters. The summed E-state index contributed by atoms with van der Waals surface area (Å²) in [5.74, 6) is 0.0252. The summed E-state index contributed by atoms with van der Waals surface area (Å²) in [6, 6.07) is 17.8. The van der Waals surface area contributed by atoms with Gasteiger partial charge in [0.1, 0.15) is 0 Å². The van der Waals surface area contributed by atoms with Crippen LogP contribution >= 0.6 is 11.6 Å². The molecule has 4 rings (SSSR count). The van der Waals surface area contributed by atoms with Crippen molar-refractivity contribution in [2.45, 2.75) is 33.1 Å². The molecule has 0 bridgehead atoms. The van der Waals surface area contributed by atoms with Crippen molar-refractivity contribution in [3.05, 3.63) is 82.5 Å². The number of hydrogen-bond donors (Lipinski definition) is 2. The van der Waals surface area contributed by atoms with Gasteiger partial charge in [-0.2, -0.15) is 0 Å². The third-order valence-electron chi connectivity index (χ3n) is 5.13. The zero-order valence-electron chi connectivity index (χ0n) is 17.1. The van der Waals surface area contributed by atoms with Gasteiger partial charge in [0.05, 0.1) is 11.4 Å². The molecule has 2 aromatic heterocycles. The minimum absolute atomic E-state index is 0.0252. The van der Waals surface area contributed by atoms with E-state index in [1.165, 1.54) is 0 Å². The molecule has 2 aromatic carbocycles. The van der Waals surface area contributed by atoms with Gasteiger partial charge in [0.25, 0.3) is 0 Å². The molecule has 5 heteroatoms. The largest absolute Gasteiger partial charge is 0.353 e. The Morgan fingerprint density at radius 3 is 2.60 bits per heavy atom. The third kappa shape index (κ3) is 4.55. The molecule has 0 spiro atoms. The standard InChI is InChI=1S/C25H24ClN3O/c1-16-12-17(2)14-19(13-16)28-24(30)8-5-6-20-21-15-18(26)9-10-22(21)29-25(20)23-7-3-4-11-27-23/h3-4,7,9-15,29H,5-6,8H2,1-2H3,(H,28,30). The van der Waals surface area contributed by atoms with Crippen LogP contribution in [0.5, 0.6) is 0 Å². The van der Waals surface area contributed by atoms with Gasteiger partial charge >= 0.3 is 0 Å². The Hall–Kier alpha value is -3.11. The van der Waals surface area contributed by atoms with Gasteiger partial charge in [0.2, 0.25) is 5.91 Å². The number of fused-ring (bicyclic) bond motifs is 1. The van der Waals surface area contributed by atoms with E-state index in [4.69, 9.17) is 11.6 Å². The predicted molar refractivity (Wildman–Crippen MR) is 124 cm³/mol. The summed E-state index contributed by atoms with van der Waals surface area (Å²) in [6.07, 6.45) is 3.72. The molecule has 4 aromatic rings. The quantitative estimate of drug-likeness (QED) is 0.378. The van der Waals surface area contributed by atoms with Crippen molar-refractivity contribution in [2.24, 2.45) is 0 Å². The summed E-state index contributed by atoms with van der Waals surface area (Å²) in [6.45, 7) is 4.06. The van der Waals surface area contributed by atoms with Crippen molar-refractivity contribution in [1.82, 2.24) is 9.97 Å². The number of carbonyl (C=O) groups excluding carboxylic acids is 1. The molecule has 2 heterocycles. The third-order valence-corrected chi connectivity index (χ3v) is 5.36. The molecular weight excluding hydrogens is 394 g/mol. The molecule has 0 radical (unpaired) electrons. The molecule has 4 nitrogen and oxygen atoms in total. The Labute approximate surface area is 181 Å². The Bertz CT molecular complexity index is 1180. The number of aromatic nitrogens is 2. The van der Waals surface area contributed by atoms with Crippen LogP contribution in [0.1, 0.15) is 29.5 Å². The van der Waals surface area contributed by atoms with Crippen LogP contribution in [0.2, 0.25) is 5.02 Å². The second-order valence-corrected chi connectivity index (χ2v) is 8.10. The second-order valence-electron chi connectivity index (χ2n) is 7.66. The van der Waals surface area contributed by atoms with Crippen molar-refractivity contribution < 1.29 is 4.79 Å². The van der Waals surface area contributed by atoms with E-state index in [1.54, 1.807) is 6.20 Å². The van der Waals surface area contributed by atoms with E-state index < -0.39 is 0 Å². The molecule has 0 fully saturated rings. The molecule has 0 saturated heterocycles. The van der Waals surface area contributed by atoms with Crippen molar-refractivity contribution in [3.8, 4) is 11.4 Å². The number of halogens is 1. The smallest absolute Gasteiger partial charge is 0.224 e. The predicted octanol–water partition coefficient (Wildman–Crippen LogP) is 6.46. The first-order chi connectivity index (χ1) is 14.5. The first-order valence-corrected chi connectivity index (χ1v) is 10.5. The Morgan fingerprint density at radius 1 is 1.07 bits per heavy atom. The molecule has 2 N–H and O–H groups in total. The van der Waals surface area contributed by atoms with Gasteiger partial charge in [0.15, 0.2) is 0 Å². The average Bonchev–Trinajstić information content (AvgIpc) is 3.06. The van der Waals surface area contributed by atoms with Crippen LogP contribution in [0.4, 0.5) is 5.69 Å². The summed E-state index contributed by atoms with van der Waals surface area (Å²) in [5.41, 5.74) is 7.18. The zero-order chi connectivity index (χ0) is 21.1. The van der Waals surface area contributed by atoms with E-state index in [9.17, 15) is 4.79 Å². The van der Waals surface area contributed by atoms with Crippen molar-refractivity contribution in [3.63, 3.8) is 0 Å². The minimum atomic E-state index is 0.0252. The molecule has 0 aliphatic heterocycles. The minimum Gasteiger partial charge on any atom is -0.353 e. The van der Waals surface area contributed by atoms with Gasteiger partial charge in [-0.3, -0.25) is 9.78 Å². The summed E-state index contributed by atoms with van der Waals surface area (Å²) in [5, 5.41) is 4.79. The SMILES string of the molecule is Cc1cc(C)cc(NC(=O)CCCc2c(-c3ccccn3)[nH]c3ccc(Cl)cc23)c1. The lowest BCUT2D eigenvalue weighted by molar-refractivity contribution is -0.116. The maximum atomic E-state index is 12.5. The van der Waals surface area contributed by atoms with Gasteiger partial charge in [0, 0.05) is 34.2 Å². The fraction of sp³-hybridized carbons (Fsp3) is 0.200. The molecule has 30 heavy (non-hydrogen) atoms. The highest BCUT2D eigenvalue weighted by Crippen LogP contribution is 2.32. The van der Waals surface area contributed by atoms with E-state index in [2.05, 4.69) is 21.4 Å². The van der Waals surface area contributed by atoms with Crippen LogP contribution < -0.4 is 5.32 Å². The number of benzene rings is 2. The number of nitrogens with one attached hydrogen (secondary N) is 2. The van der Waals surface area contributed by atoms with Crippen LogP contribution in [-0.2, 0) is 11.2 Å². The summed E-state index contributed by atoms with van der Waals surface area (Å²) < 4.78 is 0. The Morgan fingerprint density at radius 2 is 1.87 bits per heavy atom. The topological polar surface area (TPSA) is 57.8 Å². The summed E-state index contributed by atoms with van der Waals surface area (Å²) >= 11 is 6.25. The maximum Gasteiger partial charge on any atom is 0.224 e. The number of nitrogens with zero attached hydrogens (tertiary/aromatic N) is 1. The Kier molecular flexibility index (Phi) is 5.86. The highest BCUT2D eigenvalue weighted by atomic mass is 35.5. The van der Waals surface area contributed by atoms with E-state index in [-0.39, 0.29) is 5.91 Å². The van der Waals surface area contributed by atoms with Crippen molar-refractivity contribution in [1.29, 1.82) is 0 Å². The first kappa shape index (κ1) is 20.2. The highest BCUT2D eigenvalue weighted by molar-refractivity contribution is 6.31. The average molecular weight is 418 g/mol. The number of aryl methyl sites for hydroxylation is 3. The van der Waals surface area contributed by atoms with E-state index in [1.807, 2.05) is 62.4 Å². The Balaban J connectivity index is 1.52. The lowest BCUT2D eigenvalue weighted by atomic mass is 10.0. The number of anilines is 1. The number of aromatic amines is 1. The van der Waals surface area contributed by atoms with Gasteiger partial charge in [-0.1, -0.05) is 23.7 Å². The van der Waals surface area contributed by atoms with Crippen LogP contribution in [0.15, 0.2) is 60.8 Å². The monoisotopic (exact) mass is 417 g/mol. The maximum absolute atomic E-state index is 12.5. The molecular formula is C25H24ClN3O. The number of amides is 1. The second kappa shape index (κ2) is 8.72. The van der Waals surface area contributed by atoms with Gasteiger partial charge < -0.3 is 10.3 Å². The number of rotatable bonds is 6. The van der Waals surface area contributed by atoms with Crippen molar-refractivity contribution >= 4 is 34.1 Å². The molecule has 152 valence electrons. The fourth-order valence-electron chi connectivity index (χ4n) is 3.90. The number of pyridine rings is 1.